The molecule has 2 aromatic carbocycles. The Kier molecular flexibility index (Phi) is 10.7. The Morgan fingerprint density at radius 3 is 1.91 bits per heavy atom. The molecule has 0 N–H and O–H groups in total. The average molecular weight is 491 g/mol. The molecule has 0 saturated heterocycles. The molecule has 5 nitrogen and oxygen atoms in total. The number of carbonyl (C=O) groups excluding carboxylic acids is 1. The van der Waals surface area contributed by atoms with Crippen LogP contribution < -0.4 is 14.8 Å². The van der Waals surface area contributed by atoms with Crippen LogP contribution in [0.25, 0.3) is 0 Å². The Balaban J connectivity index is 0.00000544. The molecule has 1 radical (unpaired) electrons. The molecule has 0 amide bonds. The Morgan fingerprint density at radius 2 is 1.45 bits per heavy atom. The van der Waals surface area contributed by atoms with Crippen LogP contribution in [-0.2, 0) is 21.6 Å². The van der Waals surface area contributed by atoms with Gasteiger partial charge < -0.3 is 18.7 Å². The molecule has 33 heavy (non-hydrogen) atoms. The number of benzene rings is 2. The molecule has 177 valence electrons. The third-order valence-electron chi connectivity index (χ3n) is 4.19. The van der Waals surface area contributed by atoms with Gasteiger partial charge in [0.1, 0.15) is 19.6 Å². The second-order valence-corrected chi connectivity index (χ2v) is 7.92. The standard InChI is InChI=1S/C20H19F6O5P.Li/c1-28-9-10-31-32(16-8-7-12(29-2)11-15(16)30-3)18(27)17-13(19(21,22)23)5-4-6-14(17)20(24,25)26;/h4-8,11H,9-10H2,1-3H3;. The summed E-state index contributed by atoms with van der Waals surface area (Å²) in [5.74, 6) is 0.316. The summed E-state index contributed by atoms with van der Waals surface area (Å²) >= 11 is 0. The average Bonchev–Trinajstić information content (AvgIpc) is 2.74. The van der Waals surface area contributed by atoms with Crippen LogP contribution in [0.15, 0.2) is 36.4 Å². The van der Waals surface area contributed by atoms with Gasteiger partial charge in [-0.1, -0.05) is 6.07 Å². The van der Waals surface area contributed by atoms with Crippen molar-refractivity contribution in [2.24, 2.45) is 0 Å². The Hall–Kier alpha value is -1.76. The molecule has 0 aromatic heterocycles. The van der Waals surface area contributed by atoms with Crippen molar-refractivity contribution in [2.75, 3.05) is 34.5 Å². The molecule has 2 rings (SSSR count). The summed E-state index contributed by atoms with van der Waals surface area (Å²) in [6, 6.07) is 5.49. The van der Waals surface area contributed by atoms with Crippen molar-refractivity contribution >= 4 is 37.8 Å². The topological polar surface area (TPSA) is 54.0 Å². The maximum Gasteiger partial charge on any atom is 0.417 e. The Morgan fingerprint density at radius 1 is 0.879 bits per heavy atom. The first-order valence-corrected chi connectivity index (χ1v) is 10.2. The quantitative estimate of drug-likeness (QED) is 0.217. The normalized spacial score (nSPS) is 12.6. The van der Waals surface area contributed by atoms with Crippen molar-refractivity contribution in [1.29, 1.82) is 0 Å². The first-order valence-electron chi connectivity index (χ1n) is 8.91. The third kappa shape index (κ3) is 7.11. The van der Waals surface area contributed by atoms with E-state index in [1.165, 1.54) is 39.5 Å². The first-order chi connectivity index (χ1) is 15.0. The van der Waals surface area contributed by atoms with Gasteiger partial charge in [0.05, 0.1) is 43.9 Å². The van der Waals surface area contributed by atoms with Crippen molar-refractivity contribution in [2.45, 2.75) is 12.4 Å². The van der Waals surface area contributed by atoms with Gasteiger partial charge in [-0.15, -0.1) is 0 Å². The van der Waals surface area contributed by atoms with Gasteiger partial charge in [-0.25, -0.2) is 0 Å². The number of ether oxygens (including phenoxy) is 3. The number of halogens is 6. The fourth-order valence-electron chi connectivity index (χ4n) is 2.76. The largest absolute Gasteiger partial charge is 0.497 e. The third-order valence-corrected chi connectivity index (χ3v) is 6.03. The van der Waals surface area contributed by atoms with Gasteiger partial charge in [0.25, 0.3) is 0 Å². The van der Waals surface area contributed by atoms with Crippen molar-refractivity contribution in [3.05, 3.63) is 53.1 Å². The number of alkyl halides is 6. The van der Waals surface area contributed by atoms with Gasteiger partial charge in [0, 0.05) is 37.6 Å². The molecule has 0 bridgehead atoms. The van der Waals surface area contributed by atoms with Crippen LogP contribution in [0.2, 0.25) is 0 Å². The molecule has 0 aliphatic carbocycles. The molecule has 2 aromatic rings. The molecule has 0 spiro atoms. The maximum absolute atomic E-state index is 13.6. The van der Waals surface area contributed by atoms with E-state index in [-0.39, 0.29) is 43.1 Å². The number of methoxy groups -OCH3 is 3. The minimum absolute atomic E-state index is 0. The van der Waals surface area contributed by atoms with Crippen LogP contribution in [-0.4, -0.2) is 58.9 Å². The number of hydrogen-bond donors (Lipinski definition) is 0. The summed E-state index contributed by atoms with van der Waals surface area (Å²) in [4.78, 5) is 13.3. The van der Waals surface area contributed by atoms with Gasteiger partial charge in [0.2, 0.25) is 5.52 Å². The summed E-state index contributed by atoms with van der Waals surface area (Å²) in [6.45, 7) is -0.295. The molecule has 0 aliphatic rings. The second kappa shape index (κ2) is 12.1. The summed E-state index contributed by atoms with van der Waals surface area (Å²) in [5.41, 5.74) is -6.37. The second-order valence-electron chi connectivity index (χ2n) is 6.19. The molecule has 1 unspecified atom stereocenters. The fraction of sp³-hybridized carbons (Fsp3) is 0.350. The number of carbonyl (C=O) groups is 1. The van der Waals surface area contributed by atoms with Crippen LogP contribution in [0.3, 0.4) is 0 Å². The van der Waals surface area contributed by atoms with Gasteiger partial charge in [-0.3, -0.25) is 4.79 Å². The van der Waals surface area contributed by atoms with Crippen molar-refractivity contribution in [3.8, 4) is 11.5 Å². The first kappa shape index (κ1) is 29.3. The number of hydrogen-bond acceptors (Lipinski definition) is 5. The van der Waals surface area contributed by atoms with Crippen LogP contribution in [0, 0.1) is 0 Å². The zero-order valence-corrected chi connectivity index (χ0v) is 19.0. The molecular formula is C20H19F6LiO5P. The van der Waals surface area contributed by atoms with Crippen molar-refractivity contribution < 1.29 is 49.9 Å². The summed E-state index contributed by atoms with van der Waals surface area (Å²) < 4.78 is 102. The SMILES string of the molecule is COCCOP(C(=O)c1c(C(F)(F)F)cccc1C(F)(F)F)c1ccc(OC)cc1OC.[Li]. The summed E-state index contributed by atoms with van der Waals surface area (Å²) in [7, 11) is 1.23. The van der Waals surface area contributed by atoms with E-state index in [9.17, 15) is 31.1 Å². The van der Waals surface area contributed by atoms with Crippen molar-refractivity contribution in [3.63, 3.8) is 0 Å². The Labute approximate surface area is 199 Å². The zero-order chi connectivity index (χ0) is 24.1. The predicted octanol–water partition coefficient (Wildman–Crippen LogP) is 4.89. The van der Waals surface area contributed by atoms with Gasteiger partial charge >= 0.3 is 12.4 Å². The minimum atomic E-state index is -5.20. The van der Waals surface area contributed by atoms with Gasteiger partial charge in [-0.05, 0) is 24.3 Å². The molecule has 0 fully saturated rings. The molecule has 0 aliphatic heterocycles. The van der Waals surface area contributed by atoms with E-state index in [4.69, 9.17) is 18.7 Å². The van der Waals surface area contributed by atoms with Crippen LogP contribution in [0.5, 0.6) is 11.5 Å². The van der Waals surface area contributed by atoms with E-state index in [0.29, 0.717) is 23.9 Å². The Bertz CT molecular complexity index is 919. The molecule has 1 atom stereocenters. The minimum Gasteiger partial charge on any atom is -0.497 e. The zero-order valence-electron chi connectivity index (χ0n) is 18.1. The molecule has 0 saturated carbocycles. The van der Waals surface area contributed by atoms with Crippen LogP contribution in [0.1, 0.15) is 21.5 Å². The smallest absolute Gasteiger partial charge is 0.417 e. The monoisotopic (exact) mass is 491 g/mol. The van der Waals surface area contributed by atoms with Gasteiger partial charge in [0.15, 0.2) is 0 Å². The number of rotatable bonds is 9. The van der Waals surface area contributed by atoms with Gasteiger partial charge in [-0.2, -0.15) is 26.3 Å². The van der Waals surface area contributed by atoms with E-state index in [1.54, 1.807) is 0 Å². The van der Waals surface area contributed by atoms with E-state index < -0.39 is 42.7 Å². The van der Waals surface area contributed by atoms with E-state index in [1.807, 2.05) is 0 Å². The van der Waals surface area contributed by atoms with E-state index in [0.717, 1.165) is 0 Å². The van der Waals surface area contributed by atoms with Crippen molar-refractivity contribution in [1.82, 2.24) is 0 Å². The molecule has 13 heteroatoms. The van der Waals surface area contributed by atoms with E-state index >= 15 is 0 Å². The maximum atomic E-state index is 13.6. The summed E-state index contributed by atoms with van der Waals surface area (Å²) in [5, 5.41) is -0.00509. The van der Waals surface area contributed by atoms with Crippen LogP contribution in [0.4, 0.5) is 26.3 Å². The molecular weight excluding hydrogens is 472 g/mol. The van der Waals surface area contributed by atoms with E-state index in [2.05, 4.69) is 0 Å². The fourth-order valence-corrected chi connectivity index (χ4v) is 4.50. The predicted molar refractivity (Wildman–Crippen MR) is 110 cm³/mol. The molecule has 0 heterocycles. The van der Waals surface area contributed by atoms with Crippen LogP contribution >= 0.6 is 8.15 Å². The summed E-state index contributed by atoms with van der Waals surface area (Å²) in [6.07, 6.45) is -10.4.